The maximum Gasteiger partial charge on any atom is 0.327 e. The number of ketones is 2. The van der Waals surface area contributed by atoms with E-state index in [-0.39, 0.29) is 11.6 Å². The molecule has 4 aromatic rings. The lowest BCUT2D eigenvalue weighted by atomic mass is 9.82. The van der Waals surface area contributed by atoms with Gasteiger partial charge in [0.15, 0.2) is 17.0 Å². The molecule has 4 heteroatoms. The van der Waals surface area contributed by atoms with Crippen molar-refractivity contribution in [3.8, 4) is 5.75 Å². The van der Waals surface area contributed by atoms with Gasteiger partial charge < -0.3 is 4.74 Å². The molecule has 1 heterocycles. The van der Waals surface area contributed by atoms with Gasteiger partial charge in [-0.05, 0) is 23.8 Å². The number of carbonyl (C=O) groups excluding carboxylic acids is 3. The molecule has 0 bridgehead atoms. The minimum atomic E-state index is -1.62. The topological polar surface area (TPSA) is 60.4 Å². The summed E-state index contributed by atoms with van der Waals surface area (Å²) in [4.78, 5) is 41.8. The molecule has 1 saturated carbocycles. The minimum Gasteiger partial charge on any atom is -0.425 e. The molecule has 6 rings (SSSR count). The Labute approximate surface area is 197 Å². The van der Waals surface area contributed by atoms with Gasteiger partial charge in [0.2, 0.25) is 0 Å². The molecule has 4 aromatic carbocycles. The fraction of sp³-hybridized carbons (Fsp3) is 0.167. The summed E-state index contributed by atoms with van der Waals surface area (Å²) in [7, 11) is 0. The molecule has 0 radical (unpaired) electrons. The summed E-state index contributed by atoms with van der Waals surface area (Å²) < 4.78 is 5.83. The number of hydrogen-bond donors (Lipinski definition) is 0. The molecular formula is C30H22O4. The third kappa shape index (κ3) is 2.45. The lowest BCUT2D eigenvalue weighted by molar-refractivity contribution is -0.140. The number of carbonyl (C=O) groups is 3. The molecule has 1 fully saturated rings. The van der Waals surface area contributed by atoms with Crippen molar-refractivity contribution in [2.75, 3.05) is 0 Å². The number of aryl methyl sites for hydroxylation is 1. The van der Waals surface area contributed by atoms with Gasteiger partial charge >= 0.3 is 5.97 Å². The summed E-state index contributed by atoms with van der Waals surface area (Å²) >= 11 is 0. The van der Waals surface area contributed by atoms with Gasteiger partial charge in [-0.2, -0.15) is 0 Å². The first kappa shape index (κ1) is 20.5. The quantitative estimate of drug-likeness (QED) is 0.169. The number of benzene rings is 4. The van der Waals surface area contributed by atoms with Crippen LogP contribution in [0.25, 0.3) is 10.8 Å². The van der Waals surface area contributed by atoms with Crippen molar-refractivity contribution in [2.24, 2.45) is 10.8 Å². The smallest absolute Gasteiger partial charge is 0.327 e. The molecule has 4 nitrogen and oxygen atoms in total. The molecule has 34 heavy (non-hydrogen) atoms. The van der Waals surface area contributed by atoms with E-state index in [1.54, 1.807) is 49.4 Å². The Bertz CT molecular complexity index is 1500. The Kier molecular flexibility index (Phi) is 4.21. The van der Waals surface area contributed by atoms with Gasteiger partial charge in [0, 0.05) is 22.6 Å². The normalized spacial score (nSPS) is 24.6. The highest BCUT2D eigenvalue weighted by Crippen LogP contribution is 2.79. The zero-order chi connectivity index (χ0) is 23.7. The molecule has 0 unspecified atom stereocenters. The van der Waals surface area contributed by atoms with Gasteiger partial charge in [-0.1, -0.05) is 97.4 Å². The third-order valence-electron chi connectivity index (χ3n) is 7.67. The summed E-state index contributed by atoms with van der Waals surface area (Å²) in [6.45, 7) is 3.70. The maximum atomic E-state index is 14.1. The lowest BCUT2D eigenvalue weighted by Crippen LogP contribution is -2.39. The maximum absolute atomic E-state index is 14.1. The fourth-order valence-electron chi connectivity index (χ4n) is 5.89. The van der Waals surface area contributed by atoms with Crippen molar-refractivity contribution < 1.29 is 19.1 Å². The van der Waals surface area contributed by atoms with E-state index >= 15 is 0 Å². The van der Waals surface area contributed by atoms with Crippen LogP contribution in [0.4, 0.5) is 0 Å². The molecule has 0 spiro atoms. The predicted molar refractivity (Wildman–Crippen MR) is 129 cm³/mol. The Morgan fingerprint density at radius 1 is 0.765 bits per heavy atom. The second kappa shape index (κ2) is 6.97. The van der Waals surface area contributed by atoms with Crippen LogP contribution in [0.1, 0.15) is 44.7 Å². The Hall–Kier alpha value is -4.05. The van der Waals surface area contributed by atoms with Crippen LogP contribution in [0.3, 0.4) is 0 Å². The van der Waals surface area contributed by atoms with Crippen LogP contribution in [-0.4, -0.2) is 17.5 Å². The number of rotatable bonds is 4. The summed E-state index contributed by atoms with van der Waals surface area (Å²) in [6, 6.07) is 27.5. The molecule has 0 N–H and O–H groups in total. The van der Waals surface area contributed by atoms with Crippen molar-refractivity contribution in [1.82, 2.24) is 0 Å². The summed E-state index contributed by atoms with van der Waals surface area (Å²) in [5, 5.41) is 1.86. The van der Waals surface area contributed by atoms with Gasteiger partial charge in [-0.25, -0.2) is 0 Å². The molecule has 166 valence electrons. The van der Waals surface area contributed by atoms with E-state index in [2.05, 4.69) is 0 Å². The monoisotopic (exact) mass is 446 g/mol. The number of esters is 1. The molecular weight excluding hydrogens is 424 g/mol. The van der Waals surface area contributed by atoms with E-state index in [0.29, 0.717) is 16.9 Å². The van der Waals surface area contributed by atoms with Gasteiger partial charge in [0.25, 0.3) is 0 Å². The summed E-state index contributed by atoms with van der Waals surface area (Å²) in [6.07, 6.45) is 0. The van der Waals surface area contributed by atoms with Crippen LogP contribution >= 0.6 is 0 Å². The highest BCUT2D eigenvalue weighted by Gasteiger charge is 2.87. The zero-order valence-electron chi connectivity index (χ0n) is 18.9. The van der Waals surface area contributed by atoms with Gasteiger partial charge in [-0.3, -0.25) is 14.4 Å². The van der Waals surface area contributed by atoms with Crippen LogP contribution < -0.4 is 4.74 Å². The second-order valence-corrected chi connectivity index (χ2v) is 9.42. The van der Waals surface area contributed by atoms with E-state index in [4.69, 9.17) is 4.74 Å². The minimum absolute atomic E-state index is 0.223. The highest BCUT2D eigenvalue weighted by atomic mass is 16.5. The van der Waals surface area contributed by atoms with E-state index in [9.17, 15) is 14.4 Å². The van der Waals surface area contributed by atoms with E-state index < -0.39 is 22.7 Å². The number of fused-ring (bicyclic) bond motifs is 5. The van der Waals surface area contributed by atoms with E-state index in [0.717, 1.165) is 21.9 Å². The highest BCUT2D eigenvalue weighted by molar-refractivity contribution is 6.26. The van der Waals surface area contributed by atoms with Crippen LogP contribution in [0, 0.1) is 17.8 Å². The lowest BCUT2D eigenvalue weighted by Gasteiger charge is -2.24. The molecule has 1 aliphatic carbocycles. The van der Waals surface area contributed by atoms with Gasteiger partial charge in [0.1, 0.15) is 5.75 Å². The first-order valence-electron chi connectivity index (χ1n) is 11.4. The van der Waals surface area contributed by atoms with Crippen LogP contribution in [0.5, 0.6) is 5.75 Å². The summed E-state index contributed by atoms with van der Waals surface area (Å²) in [5.41, 5.74) is -0.230. The number of ether oxygens (including phenoxy) is 1. The molecule has 0 amide bonds. The van der Waals surface area contributed by atoms with Crippen LogP contribution in [-0.2, 0) is 4.79 Å². The first-order valence-corrected chi connectivity index (χ1v) is 11.4. The van der Waals surface area contributed by atoms with Crippen LogP contribution in [0.2, 0.25) is 0 Å². The standard InChI is InChI=1S/C30H22O4/c1-18-12-14-21(15-13-18)26(31)29(2)25-24-22-11-7-6-8-19(22)16-17-23(24)34-28(33)30(25,29)27(32)20-9-4-3-5-10-20/h3-17,25H,1-2H3/t25-,29-,30+/m1/s1. The molecule has 1 aliphatic heterocycles. The van der Waals surface area contributed by atoms with Crippen molar-refractivity contribution in [3.63, 3.8) is 0 Å². The molecule has 3 atom stereocenters. The molecule has 2 aliphatic rings. The first-order chi connectivity index (χ1) is 16.4. The zero-order valence-corrected chi connectivity index (χ0v) is 18.9. The Balaban J connectivity index is 1.63. The predicted octanol–water partition coefficient (Wildman–Crippen LogP) is 5.92. The molecule has 0 saturated heterocycles. The van der Waals surface area contributed by atoms with Crippen LogP contribution in [0.15, 0.2) is 91.0 Å². The SMILES string of the molecule is Cc1ccc(C(=O)[C@@]2(C)[C@H]3c4c(ccc5ccccc45)OC(=O)[C@@]32C(=O)c2ccccc2)cc1. The fourth-order valence-corrected chi connectivity index (χ4v) is 5.89. The van der Waals surface area contributed by atoms with Crippen molar-refractivity contribution in [1.29, 1.82) is 0 Å². The van der Waals surface area contributed by atoms with Gasteiger partial charge in [-0.15, -0.1) is 0 Å². The largest absolute Gasteiger partial charge is 0.425 e. The molecule has 0 aromatic heterocycles. The summed E-state index contributed by atoms with van der Waals surface area (Å²) in [5.74, 6) is -1.45. The average Bonchev–Trinajstić information content (AvgIpc) is 3.46. The average molecular weight is 447 g/mol. The third-order valence-corrected chi connectivity index (χ3v) is 7.67. The Morgan fingerprint density at radius 2 is 1.41 bits per heavy atom. The van der Waals surface area contributed by atoms with Crippen molar-refractivity contribution in [3.05, 3.63) is 113 Å². The van der Waals surface area contributed by atoms with Crippen molar-refractivity contribution in [2.45, 2.75) is 19.8 Å². The number of hydrogen-bond acceptors (Lipinski definition) is 4. The van der Waals surface area contributed by atoms with E-state index in [1.807, 2.05) is 55.5 Å². The van der Waals surface area contributed by atoms with Gasteiger partial charge in [0.05, 0.1) is 5.41 Å². The van der Waals surface area contributed by atoms with E-state index in [1.165, 1.54) is 0 Å². The Morgan fingerprint density at radius 3 is 2.15 bits per heavy atom. The van der Waals surface area contributed by atoms with Crippen molar-refractivity contribution >= 4 is 28.3 Å². The second-order valence-electron chi connectivity index (χ2n) is 9.42. The number of Topliss-reactive ketones (excluding diaryl/α,β-unsaturated/α-hetero) is 2.